The van der Waals surface area contributed by atoms with Crippen LogP contribution in [0.15, 0.2) is 48.5 Å². The monoisotopic (exact) mass is 329 g/mol. The number of rotatable bonds is 3. The summed E-state index contributed by atoms with van der Waals surface area (Å²) < 4.78 is 27.0. The first-order valence-corrected chi connectivity index (χ1v) is 7.90. The Morgan fingerprint density at radius 1 is 0.958 bits per heavy atom. The molecular formula is C19H17F2NO2. The van der Waals surface area contributed by atoms with E-state index in [1.807, 2.05) is 6.07 Å². The summed E-state index contributed by atoms with van der Waals surface area (Å²) in [4.78, 5) is 26.5. The minimum atomic E-state index is -0.704. The molecule has 1 heterocycles. The minimum absolute atomic E-state index is 0.0709. The first kappa shape index (κ1) is 16.3. The van der Waals surface area contributed by atoms with Crippen LogP contribution >= 0.6 is 0 Å². The molecule has 2 aromatic rings. The molecular weight excluding hydrogens is 312 g/mol. The maximum absolute atomic E-state index is 13.7. The van der Waals surface area contributed by atoms with E-state index in [9.17, 15) is 18.4 Å². The lowest BCUT2D eigenvalue weighted by atomic mass is 9.88. The molecule has 0 aliphatic carbocycles. The van der Waals surface area contributed by atoms with E-state index >= 15 is 0 Å². The van der Waals surface area contributed by atoms with Crippen LogP contribution in [0.4, 0.5) is 8.78 Å². The Hall–Kier alpha value is -2.56. The summed E-state index contributed by atoms with van der Waals surface area (Å²) in [5.74, 6) is -2.18. The number of hydrogen-bond donors (Lipinski definition) is 0. The van der Waals surface area contributed by atoms with Gasteiger partial charge in [0.15, 0.2) is 5.78 Å². The summed E-state index contributed by atoms with van der Waals surface area (Å²) in [6, 6.07) is 11.9. The predicted octanol–water partition coefficient (Wildman–Crippen LogP) is 3.70. The van der Waals surface area contributed by atoms with E-state index in [4.69, 9.17) is 0 Å². The van der Waals surface area contributed by atoms with Crippen molar-refractivity contribution in [1.82, 2.24) is 4.90 Å². The van der Waals surface area contributed by atoms with Gasteiger partial charge in [-0.25, -0.2) is 8.78 Å². The maximum Gasteiger partial charge on any atom is 0.253 e. The predicted molar refractivity (Wildman–Crippen MR) is 85.8 cm³/mol. The average molecular weight is 329 g/mol. The third kappa shape index (κ3) is 3.35. The Balaban J connectivity index is 1.66. The van der Waals surface area contributed by atoms with Crippen LogP contribution in [0.5, 0.6) is 0 Å². The minimum Gasteiger partial charge on any atom is -0.339 e. The van der Waals surface area contributed by atoms with E-state index in [0.717, 1.165) is 18.2 Å². The molecule has 0 unspecified atom stereocenters. The van der Waals surface area contributed by atoms with Crippen LogP contribution in [0.25, 0.3) is 0 Å². The second kappa shape index (κ2) is 6.91. The first-order valence-electron chi connectivity index (χ1n) is 7.90. The second-order valence-corrected chi connectivity index (χ2v) is 5.92. The molecule has 3 rings (SSSR count). The Morgan fingerprint density at radius 2 is 1.62 bits per heavy atom. The Kier molecular flexibility index (Phi) is 4.69. The SMILES string of the molecule is O=C(c1cc(F)ccc1F)C1CCN(C(=O)c2ccccc2)CC1. The van der Waals surface area contributed by atoms with Crippen LogP contribution in [0.2, 0.25) is 0 Å². The lowest BCUT2D eigenvalue weighted by Crippen LogP contribution is -2.40. The number of benzene rings is 2. The number of amides is 1. The lowest BCUT2D eigenvalue weighted by molar-refractivity contribution is 0.0649. The summed E-state index contributed by atoms with van der Waals surface area (Å²) in [6.45, 7) is 0.863. The van der Waals surface area contributed by atoms with Crippen LogP contribution < -0.4 is 0 Å². The van der Waals surface area contributed by atoms with E-state index in [1.54, 1.807) is 29.2 Å². The fourth-order valence-corrected chi connectivity index (χ4v) is 3.01. The summed E-state index contributed by atoms with van der Waals surface area (Å²) in [7, 11) is 0. The second-order valence-electron chi connectivity index (χ2n) is 5.92. The van der Waals surface area contributed by atoms with Gasteiger partial charge in [-0.3, -0.25) is 9.59 Å². The molecule has 0 aromatic heterocycles. The fourth-order valence-electron chi connectivity index (χ4n) is 3.01. The maximum atomic E-state index is 13.7. The summed E-state index contributed by atoms with van der Waals surface area (Å²) in [5.41, 5.74) is 0.404. The molecule has 1 fully saturated rings. The molecule has 1 saturated heterocycles. The van der Waals surface area contributed by atoms with E-state index < -0.39 is 11.6 Å². The third-order valence-corrected chi connectivity index (χ3v) is 4.37. The van der Waals surface area contributed by atoms with Crippen LogP contribution in [0, 0.1) is 17.6 Å². The molecule has 24 heavy (non-hydrogen) atoms. The van der Waals surface area contributed by atoms with E-state index in [2.05, 4.69) is 0 Å². The van der Waals surface area contributed by atoms with Crippen molar-refractivity contribution < 1.29 is 18.4 Å². The highest BCUT2D eigenvalue weighted by molar-refractivity contribution is 5.98. The zero-order valence-corrected chi connectivity index (χ0v) is 13.0. The quantitative estimate of drug-likeness (QED) is 0.805. The molecule has 0 bridgehead atoms. The molecule has 0 N–H and O–H groups in total. The van der Waals surface area contributed by atoms with Crippen molar-refractivity contribution in [2.75, 3.05) is 13.1 Å². The largest absolute Gasteiger partial charge is 0.339 e. The fraction of sp³-hybridized carbons (Fsp3) is 0.263. The van der Waals surface area contributed by atoms with Gasteiger partial charge in [-0.2, -0.15) is 0 Å². The molecule has 2 aromatic carbocycles. The van der Waals surface area contributed by atoms with Gasteiger partial charge < -0.3 is 4.90 Å². The molecule has 1 amide bonds. The number of piperidine rings is 1. The number of halogens is 2. The van der Waals surface area contributed by atoms with Crippen LogP contribution in [0.3, 0.4) is 0 Å². The van der Waals surface area contributed by atoms with Gasteiger partial charge in [0.1, 0.15) is 11.6 Å². The zero-order valence-electron chi connectivity index (χ0n) is 13.0. The number of nitrogens with zero attached hydrogens (tertiary/aromatic N) is 1. The molecule has 0 atom stereocenters. The Morgan fingerprint density at radius 3 is 2.29 bits per heavy atom. The number of ketones is 1. The van der Waals surface area contributed by atoms with Gasteiger partial charge in [0.2, 0.25) is 0 Å². The zero-order chi connectivity index (χ0) is 17.1. The van der Waals surface area contributed by atoms with Gasteiger partial charge in [0.05, 0.1) is 5.56 Å². The molecule has 0 saturated carbocycles. The van der Waals surface area contributed by atoms with Crippen molar-refractivity contribution in [2.45, 2.75) is 12.8 Å². The summed E-state index contributed by atoms with van der Waals surface area (Å²) >= 11 is 0. The summed E-state index contributed by atoms with van der Waals surface area (Å²) in [6.07, 6.45) is 0.903. The summed E-state index contributed by atoms with van der Waals surface area (Å²) in [5, 5.41) is 0. The number of Topliss-reactive ketones (excluding diaryl/α,β-unsaturated/α-hetero) is 1. The van der Waals surface area contributed by atoms with Gasteiger partial charge in [0.25, 0.3) is 5.91 Å². The van der Waals surface area contributed by atoms with Crippen molar-refractivity contribution in [1.29, 1.82) is 0 Å². The van der Waals surface area contributed by atoms with Crippen molar-refractivity contribution in [3.05, 3.63) is 71.3 Å². The van der Waals surface area contributed by atoms with Gasteiger partial charge in [-0.1, -0.05) is 18.2 Å². The molecule has 3 nitrogen and oxygen atoms in total. The van der Waals surface area contributed by atoms with Gasteiger partial charge in [0, 0.05) is 24.6 Å². The lowest BCUT2D eigenvalue weighted by Gasteiger charge is -2.31. The normalized spacial score (nSPS) is 15.3. The molecule has 0 spiro atoms. The van der Waals surface area contributed by atoms with Gasteiger partial charge >= 0.3 is 0 Å². The van der Waals surface area contributed by atoms with Crippen molar-refractivity contribution in [3.63, 3.8) is 0 Å². The number of carbonyl (C=O) groups is 2. The highest BCUT2D eigenvalue weighted by atomic mass is 19.1. The van der Waals surface area contributed by atoms with E-state index in [1.165, 1.54) is 0 Å². The smallest absolute Gasteiger partial charge is 0.253 e. The highest BCUT2D eigenvalue weighted by Crippen LogP contribution is 2.24. The Labute approximate surface area is 138 Å². The first-order chi connectivity index (χ1) is 11.6. The van der Waals surface area contributed by atoms with Gasteiger partial charge in [-0.05, 0) is 43.2 Å². The van der Waals surface area contributed by atoms with Crippen molar-refractivity contribution >= 4 is 11.7 Å². The van der Waals surface area contributed by atoms with Crippen molar-refractivity contribution in [3.8, 4) is 0 Å². The Bertz CT molecular complexity index is 753. The van der Waals surface area contributed by atoms with Crippen molar-refractivity contribution in [2.24, 2.45) is 5.92 Å². The molecule has 1 aliphatic rings. The molecule has 124 valence electrons. The molecule has 1 aliphatic heterocycles. The van der Waals surface area contributed by atoms with Crippen LogP contribution in [-0.4, -0.2) is 29.7 Å². The van der Waals surface area contributed by atoms with Gasteiger partial charge in [-0.15, -0.1) is 0 Å². The highest BCUT2D eigenvalue weighted by Gasteiger charge is 2.29. The average Bonchev–Trinajstić information content (AvgIpc) is 2.63. The standard InChI is InChI=1S/C19H17F2NO2/c20-15-6-7-17(21)16(12-15)18(23)13-8-10-22(11-9-13)19(24)14-4-2-1-3-5-14/h1-7,12-13H,8-11H2. The van der Waals surface area contributed by atoms with Crippen LogP contribution in [-0.2, 0) is 0 Å². The van der Waals surface area contributed by atoms with E-state index in [0.29, 0.717) is 31.5 Å². The third-order valence-electron chi connectivity index (χ3n) is 4.37. The molecule has 0 radical (unpaired) electrons. The number of hydrogen-bond acceptors (Lipinski definition) is 2. The topological polar surface area (TPSA) is 37.4 Å². The molecule has 5 heteroatoms. The van der Waals surface area contributed by atoms with Crippen LogP contribution in [0.1, 0.15) is 33.6 Å². The number of carbonyl (C=O) groups excluding carboxylic acids is 2. The van der Waals surface area contributed by atoms with E-state index in [-0.39, 0.29) is 23.2 Å². The number of likely N-dealkylation sites (tertiary alicyclic amines) is 1.